The predicted octanol–water partition coefficient (Wildman–Crippen LogP) is 3.32. The molecule has 0 unspecified atom stereocenters. The zero-order valence-electron chi connectivity index (χ0n) is 13.1. The number of phenols is 1. The van der Waals surface area contributed by atoms with Crippen LogP contribution in [0.1, 0.15) is 15.9 Å². The van der Waals surface area contributed by atoms with Crippen LogP contribution in [0, 0.1) is 0 Å². The molecule has 3 aromatic carbocycles. The third-order valence-corrected chi connectivity index (χ3v) is 3.62. The minimum absolute atomic E-state index is 0.0535. The fraction of sp³-hybridized carbons (Fsp3) is 0.0526. The first-order valence-corrected chi connectivity index (χ1v) is 7.37. The lowest BCUT2D eigenvalue weighted by atomic mass is 10.1. The zero-order valence-corrected chi connectivity index (χ0v) is 13.1. The number of fused-ring (bicyclic) bond motifs is 1. The molecule has 2 N–H and O–H groups in total. The molecule has 24 heavy (non-hydrogen) atoms. The number of phenolic OH excluding ortho intramolecular Hbond substituents is 1. The smallest absolute Gasteiger partial charge is 0.275 e. The van der Waals surface area contributed by atoms with Gasteiger partial charge in [-0.1, -0.05) is 42.5 Å². The Labute approximate surface area is 139 Å². The highest BCUT2D eigenvalue weighted by Crippen LogP contribution is 2.28. The molecule has 5 nitrogen and oxygen atoms in total. The number of carbonyl (C=O) groups is 1. The summed E-state index contributed by atoms with van der Waals surface area (Å²) in [5.74, 6) is 0.178. The van der Waals surface area contributed by atoms with Gasteiger partial charge in [-0.25, -0.2) is 5.43 Å². The lowest BCUT2D eigenvalue weighted by Gasteiger charge is -2.06. The highest BCUT2D eigenvalue weighted by atomic mass is 16.5. The largest absolute Gasteiger partial charge is 0.506 e. The lowest BCUT2D eigenvalue weighted by molar-refractivity contribution is 0.0952. The monoisotopic (exact) mass is 320 g/mol. The van der Waals surface area contributed by atoms with E-state index in [1.807, 2.05) is 36.4 Å². The quantitative estimate of drug-likeness (QED) is 0.572. The highest BCUT2D eigenvalue weighted by Gasteiger charge is 2.12. The van der Waals surface area contributed by atoms with Gasteiger partial charge in [-0.2, -0.15) is 5.10 Å². The number of hydrogen-bond acceptors (Lipinski definition) is 4. The topological polar surface area (TPSA) is 70.9 Å². The molecular weight excluding hydrogens is 304 g/mol. The van der Waals surface area contributed by atoms with Crippen LogP contribution < -0.4 is 10.2 Å². The molecule has 0 heterocycles. The Bertz CT molecular complexity index is 919. The van der Waals surface area contributed by atoms with Crippen LogP contribution in [0.5, 0.6) is 11.5 Å². The molecule has 0 fully saturated rings. The first-order chi connectivity index (χ1) is 11.7. The Balaban J connectivity index is 1.77. The normalized spacial score (nSPS) is 10.9. The maximum atomic E-state index is 12.2. The maximum Gasteiger partial charge on any atom is 0.275 e. The summed E-state index contributed by atoms with van der Waals surface area (Å²) in [7, 11) is 1.58. The van der Waals surface area contributed by atoms with Crippen molar-refractivity contribution in [1.82, 2.24) is 5.43 Å². The summed E-state index contributed by atoms with van der Waals surface area (Å²) in [4.78, 5) is 12.2. The number of benzene rings is 3. The number of nitrogens with one attached hydrogen (secondary N) is 1. The second-order valence-electron chi connectivity index (χ2n) is 5.16. The Morgan fingerprint density at radius 1 is 1.12 bits per heavy atom. The van der Waals surface area contributed by atoms with E-state index >= 15 is 0 Å². The summed E-state index contributed by atoms with van der Waals surface area (Å²) in [6, 6.07) is 18.0. The number of carbonyl (C=O) groups excluding carboxylic acids is 1. The molecule has 3 rings (SSSR count). The molecule has 0 saturated heterocycles. The van der Waals surface area contributed by atoms with Crippen molar-refractivity contribution in [1.29, 1.82) is 0 Å². The number of hydrogen-bond donors (Lipinski definition) is 2. The van der Waals surface area contributed by atoms with Crippen molar-refractivity contribution in [2.24, 2.45) is 5.10 Å². The first-order valence-electron chi connectivity index (χ1n) is 7.37. The fourth-order valence-electron chi connectivity index (χ4n) is 2.39. The van der Waals surface area contributed by atoms with E-state index in [9.17, 15) is 9.90 Å². The number of aromatic hydroxyl groups is 1. The minimum atomic E-state index is -0.475. The molecule has 0 saturated carbocycles. The molecular formula is C19H16N2O3. The third kappa shape index (κ3) is 3.20. The Morgan fingerprint density at radius 2 is 1.96 bits per heavy atom. The number of ether oxygens (including phenoxy) is 1. The van der Waals surface area contributed by atoms with Crippen LogP contribution in [-0.4, -0.2) is 24.3 Å². The molecule has 120 valence electrons. The van der Waals surface area contributed by atoms with Crippen molar-refractivity contribution in [2.75, 3.05) is 7.11 Å². The van der Waals surface area contributed by atoms with Crippen molar-refractivity contribution >= 4 is 22.9 Å². The van der Waals surface area contributed by atoms with Gasteiger partial charge in [-0.15, -0.1) is 0 Å². The Morgan fingerprint density at radius 3 is 2.79 bits per heavy atom. The number of rotatable bonds is 4. The van der Waals surface area contributed by atoms with Crippen LogP contribution in [0.3, 0.4) is 0 Å². The molecule has 1 amide bonds. The van der Waals surface area contributed by atoms with E-state index in [1.165, 1.54) is 6.21 Å². The fourth-order valence-corrected chi connectivity index (χ4v) is 2.39. The van der Waals surface area contributed by atoms with Gasteiger partial charge in [0, 0.05) is 5.39 Å². The number of methoxy groups -OCH3 is 1. The van der Waals surface area contributed by atoms with Gasteiger partial charge < -0.3 is 9.84 Å². The van der Waals surface area contributed by atoms with E-state index in [1.54, 1.807) is 31.4 Å². The van der Waals surface area contributed by atoms with E-state index < -0.39 is 5.91 Å². The number of nitrogens with zero attached hydrogens (tertiary/aromatic N) is 1. The van der Waals surface area contributed by atoms with Crippen LogP contribution in [-0.2, 0) is 0 Å². The molecule has 0 aliphatic heterocycles. The molecule has 0 aliphatic rings. The van der Waals surface area contributed by atoms with Crippen LogP contribution in [0.25, 0.3) is 10.8 Å². The molecule has 3 aromatic rings. The van der Waals surface area contributed by atoms with Crippen molar-refractivity contribution in [3.63, 3.8) is 0 Å². The molecule has 0 atom stereocenters. The van der Waals surface area contributed by atoms with Gasteiger partial charge >= 0.3 is 0 Å². The van der Waals surface area contributed by atoms with Crippen LogP contribution in [0.15, 0.2) is 65.8 Å². The van der Waals surface area contributed by atoms with E-state index in [0.717, 1.165) is 10.9 Å². The molecule has 0 spiro atoms. The zero-order chi connectivity index (χ0) is 16.9. The maximum absolute atomic E-state index is 12.2. The lowest BCUT2D eigenvalue weighted by Crippen LogP contribution is -2.17. The second kappa shape index (κ2) is 6.83. The molecule has 0 aliphatic carbocycles. The number of amides is 1. The molecule has 0 radical (unpaired) electrons. The van der Waals surface area contributed by atoms with Gasteiger partial charge in [0.25, 0.3) is 5.91 Å². The molecule has 0 bridgehead atoms. The first kappa shape index (κ1) is 15.6. The van der Waals surface area contributed by atoms with Gasteiger partial charge in [-0.05, 0) is 29.1 Å². The van der Waals surface area contributed by atoms with E-state index in [-0.39, 0.29) is 11.3 Å². The summed E-state index contributed by atoms with van der Waals surface area (Å²) in [5, 5.41) is 15.7. The Kier molecular flexibility index (Phi) is 4.43. The van der Waals surface area contributed by atoms with Gasteiger partial charge in [-0.3, -0.25) is 4.79 Å². The van der Waals surface area contributed by atoms with Crippen molar-refractivity contribution in [2.45, 2.75) is 0 Å². The Hall–Kier alpha value is -3.34. The average Bonchev–Trinajstić information content (AvgIpc) is 2.62. The van der Waals surface area contributed by atoms with E-state index in [0.29, 0.717) is 11.1 Å². The molecule has 0 aromatic heterocycles. The third-order valence-electron chi connectivity index (χ3n) is 3.62. The summed E-state index contributed by atoms with van der Waals surface area (Å²) in [6.07, 6.45) is 1.51. The van der Waals surface area contributed by atoms with Gasteiger partial charge in [0.05, 0.1) is 18.9 Å². The summed E-state index contributed by atoms with van der Waals surface area (Å²) < 4.78 is 5.13. The summed E-state index contributed by atoms with van der Waals surface area (Å²) >= 11 is 0. The SMILES string of the molecule is COc1cccc(C=NNC(=O)c2ccc3ccccc3c2O)c1. The standard InChI is InChI=1S/C19H16N2O3/c1-24-15-7-4-5-13(11-15)12-20-21-19(23)17-10-9-14-6-2-3-8-16(14)18(17)22/h2-12,22H,1H3,(H,21,23). The average molecular weight is 320 g/mol. The van der Waals surface area contributed by atoms with Gasteiger partial charge in [0.1, 0.15) is 11.5 Å². The van der Waals surface area contributed by atoms with Crippen molar-refractivity contribution in [3.8, 4) is 11.5 Å². The predicted molar refractivity (Wildman–Crippen MR) is 93.7 cm³/mol. The van der Waals surface area contributed by atoms with Gasteiger partial charge in [0.2, 0.25) is 0 Å². The van der Waals surface area contributed by atoms with Crippen molar-refractivity contribution < 1.29 is 14.6 Å². The minimum Gasteiger partial charge on any atom is -0.506 e. The van der Waals surface area contributed by atoms with Crippen LogP contribution >= 0.6 is 0 Å². The van der Waals surface area contributed by atoms with Gasteiger partial charge in [0.15, 0.2) is 0 Å². The second-order valence-corrected chi connectivity index (χ2v) is 5.16. The summed E-state index contributed by atoms with van der Waals surface area (Å²) in [5.41, 5.74) is 3.39. The highest BCUT2D eigenvalue weighted by molar-refractivity contribution is 6.03. The van der Waals surface area contributed by atoms with Crippen LogP contribution in [0.2, 0.25) is 0 Å². The summed E-state index contributed by atoms with van der Waals surface area (Å²) in [6.45, 7) is 0. The van der Waals surface area contributed by atoms with E-state index in [4.69, 9.17) is 4.74 Å². The van der Waals surface area contributed by atoms with Crippen molar-refractivity contribution in [3.05, 3.63) is 71.8 Å². The van der Waals surface area contributed by atoms with E-state index in [2.05, 4.69) is 10.5 Å². The molecule has 5 heteroatoms. The number of hydrazone groups is 1. The van der Waals surface area contributed by atoms with Crippen LogP contribution in [0.4, 0.5) is 0 Å².